The van der Waals surface area contributed by atoms with Gasteiger partial charge in [0.25, 0.3) is 11.8 Å². The molecule has 1 heterocycles. The van der Waals surface area contributed by atoms with Gasteiger partial charge in [0, 0.05) is 12.2 Å². The number of anilines is 1. The van der Waals surface area contributed by atoms with Crippen molar-refractivity contribution in [1.29, 1.82) is 0 Å². The molecule has 1 N–H and O–H groups in total. The number of para-hydroxylation sites is 2. The zero-order valence-electron chi connectivity index (χ0n) is 18.8. The topological polar surface area (TPSA) is 71.0 Å². The fraction of sp³-hybridized carbons (Fsp3) is 0.148. The molecule has 0 unspecified atom stereocenters. The number of benzene rings is 3. The molecule has 1 aliphatic heterocycles. The van der Waals surface area contributed by atoms with Crippen LogP contribution >= 0.6 is 11.8 Å². The van der Waals surface area contributed by atoms with Crippen LogP contribution in [0.15, 0.2) is 94.8 Å². The third kappa shape index (κ3) is 6.14. The van der Waals surface area contributed by atoms with Crippen LogP contribution in [0.1, 0.15) is 18.9 Å². The molecule has 0 aliphatic carbocycles. The monoisotopic (exact) mass is 471 g/mol. The predicted molar refractivity (Wildman–Crippen MR) is 138 cm³/mol. The zero-order chi connectivity index (χ0) is 23.8. The molecule has 0 saturated carbocycles. The number of amides is 2. The molecular formula is C27H25N3O3S. The first kappa shape index (κ1) is 23.3. The van der Waals surface area contributed by atoms with Gasteiger partial charge < -0.3 is 10.1 Å². The van der Waals surface area contributed by atoms with Gasteiger partial charge in [-0.15, -0.1) is 0 Å². The van der Waals surface area contributed by atoms with E-state index in [0.29, 0.717) is 22.4 Å². The van der Waals surface area contributed by atoms with Crippen molar-refractivity contribution in [2.75, 3.05) is 18.5 Å². The summed E-state index contributed by atoms with van der Waals surface area (Å²) in [6, 6.07) is 26.2. The Hall–Kier alpha value is -3.84. The molecule has 2 amide bonds. The summed E-state index contributed by atoms with van der Waals surface area (Å²) in [6.07, 6.45) is 2.70. The molecule has 0 bridgehead atoms. The van der Waals surface area contributed by atoms with Crippen molar-refractivity contribution in [2.45, 2.75) is 13.3 Å². The van der Waals surface area contributed by atoms with Crippen molar-refractivity contribution in [3.63, 3.8) is 0 Å². The number of aliphatic imine (C=N–C) groups is 1. The van der Waals surface area contributed by atoms with E-state index in [9.17, 15) is 9.59 Å². The van der Waals surface area contributed by atoms with E-state index >= 15 is 0 Å². The highest BCUT2D eigenvalue weighted by Gasteiger charge is 2.32. The number of thioether (sulfide) groups is 1. The predicted octanol–water partition coefficient (Wildman–Crippen LogP) is 5.72. The van der Waals surface area contributed by atoms with Crippen molar-refractivity contribution in [3.8, 4) is 5.75 Å². The average Bonchev–Trinajstić information content (AvgIpc) is 3.14. The molecule has 3 aromatic carbocycles. The highest BCUT2D eigenvalue weighted by atomic mass is 32.2. The summed E-state index contributed by atoms with van der Waals surface area (Å²) in [5.41, 5.74) is 2.41. The second-order valence-corrected chi connectivity index (χ2v) is 8.58. The number of nitrogens with zero attached hydrogens (tertiary/aromatic N) is 2. The van der Waals surface area contributed by atoms with Crippen molar-refractivity contribution >= 4 is 46.2 Å². The highest BCUT2D eigenvalue weighted by molar-refractivity contribution is 8.18. The van der Waals surface area contributed by atoms with Crippen LogP contribution in [-0.4, -0.2) is 35.0 Å². The lowest BCUT2D eigenvalue weighted by atomic mass is 10.2. The van der Waals surface area contributed by atoms with Gasteiger partial charge in [-0.3, -0.25) is 14.5 Å². The van der Waals surface area contributed by atoms with Gasteiger partial charge in [0.15, 0.2) is 11.8 Å². The normalized spacial score (nSPS) is 15.7. The first-order valence-corrected chi connectivity index (χ1v) is 11.9. The van der Waals surface area contributed by atoms with Crippen molar-refractivity contribution in [1.82, 2.24) is 4.90 Å². The smallest absolute Gasteiger partial charge is 0.266 e. The molecule has 34 heavy (non-hydrogen) atoms. The Balaban J connectivity index is 1.40. The van der Waals surface area contributed by atoms with E-state index in [1.54, 1.807) is 17.0 Å². The van der Waals surface area contributed by atoms with Crippen LogP contribution in [0.4, 0.5) is 11.4 Å². The number of nitrogens with one attached hydrogen (secondary N) is 1. The molecular weight excluding hydrogens is 446 g/mol. The minimum atomic E-state index is -0.230. The molecule has 0 aromatic heterocycles. The molecule has 172 valence electrons. The van der Waals surface area contributed by atoms with Crippen LogP contribution < -0.4 is 10.1 Å². The van der Waals surface area contributed by atoms with Gasteiger partial charge >= 0.3 is 0 Å². The van der Waals surface area contributed by atoms with Crippen LogP contribution in [0.3, 0.4) is 0 Å². The Bertz CT molecular complexity index is 1190. The largest absolute Gasteiger partial charge is 0.484 e. The van der Waals surface area contributed by atoms with Crippen LogP contribution in [0.25, 0.3) is 6.08 Å². The van der Waals surface area contributed by atoms with Crippen LogP contribution in [0.5, 0.6) is 5.75 Å². The molecule has 4 rings (SSSR count). The SMILES string of the molecule is CCCN1C(=O)/C(=C/c2ccc(OCC(=O)Nc3ccccc3)cc2)SC1=Nc1ccccc1. The number of carbonyl (C=O) groups is 2. The third-order valence-corrected chi connectivity index (χ3v) is 5.93. The Kier molecular flexibility index (Phi) is 7.78. The van der Waals surface area contributed by atoms with Crippen molar-refractivity contribution in [3.05, 3.63) is 95.4 Å². The first-order valence-electron chi connectivity index (χ1n) is 11.1. The minimum Gasteiger partial charge on any atom is -0.484 e. The molecule has 1 fully saturated rings. The summed E-state index contributed by atoms with van der Waals surface area (Å²) >= 11 is 1.38. The van der Waals surface area contributed by atoms with Crippen LogP contribution in [-0.2, 0) is 9.59 Å². The van der Waals surface area contributed by atoms with Crippen molar-refractivity contribution < 1.29 is 14.3 Å². The molecule has 0 spiro atoms. The van der Waals surface area contributed by atoms with Crippen molar-refractivity contribution in [2.24, 2.45) is 4.99 Å². The Labute approximate surface area is 203 Å². The summed E-state index contributed by atoms with van der Waals surface area (Å²) in [7, 11) is 0. The standard InChI is InChI=1S/C27H25N3O3S/c1-2-17-30-26(32)24(34-27(30)29-22-11-7-4-8-12-22)18-20-13-15-23(16-14-20)33-19-25(31)28-21-9-5-3-6-10-21/h3-16,18H,2,17,19H2,1H3,(H,28,31)/b24-18-,29-27?. The quantitative estimate of drug-likeness (QED) is 0.427. The van der Waals surface area contributed by atoms with Gasteiger partial charge in [0.05, 0.1) is 10.6 Å². The number of hydrogen-bond donors (Lipinski definition) is 1. The molecule has 1 aliphatic rings. The molecule has 0 atom stereocenters. The second-order valence-electron chi connectivity index (χ2n) is 7.57. The Morgan fingerprint density at radius 3 is 2.35 bits per heavy atom. The lowest BCUT2D eigenvalue weighted by Crippen LogP contribution is -2.29. The zero-order valence-corrected chi connectivity index (χ0v) is 19.6. The molecule has 6 nitrogen and oxygen atoms in total. The molecule has 0 radical (unpaired) electrons. The van der Waals surface area contributed by atoms with E-state index in [1.165, 1.54) is 11.8 Å². The Morgan fingerprint density at radius 1 is 1.00 bits per heavy atom. The summed E-state index contributed by atoms with van der Waals surface area (Å²) in [6.45, 7) is 2.57. The summed E-state index contributed by atoms with van der Waals surface area (Å²) in [5.74, 6) is 0.306. The van der Waals surface area contributed by atoms with Gasteiger partial charge in [0.2, 0.25) is 0 Å². The average molecular weight is 472 g/mol. The fourth-order valence-corrected chi connectivity index (χ4v) is 4.33. The van der Waals surface area contributed by atoms with Gasteiger partial charge in [-0.2, -0.15) is 0 Å². The maximum absolute atomic E-state index is 13.0. The number of amidine groups is 1. The van der Waals surface area contributed by atoms with E-state index in [-0.39, 0.29) is 18.4 Å². The fourth-order valence-electron chi connectivity index (χ4n) is 3.30. The van der Waals surface area contributed by atoms with E-state index in [0.717, 1.165) is 23.4 Å². The Morgan fingerprint density at radius 2 is 1.68 bits per heavy atom. The third-order valence-electron chi connectivity index (χ3n) is 4.92. The molecule has 1 saturated heterocycles. The summed E-state index contributed by atoms with van der Waals surface area (Å²) in [4.78, 5) is 32.1. The van der Waals surface area contributed by atoms with E-state index in [1.807, 2.05) is 85.8 Å². The minimum absolute atomic E-state index is 0.0422. The van der Waals surface area contributed by atoms with Gasteiger partial charge in [-0.1, -0.05) is 55.5 Å². The number of ether oxygens (including phenoxy) is 1. The van der Waals surface area contributed by atoms with E-state index in [2.05, 4.69) is 10.3 Å². The van der Waals surface area contributed by atoms with Gasteiger partial charge in [0.1, 0.15) is 5.75 Å². The maximum Gasteiger partial charge on any atom is 0.266 e. The lowest BCUT2D eigenvalue weighted by Gasteiger charge is -2.13. The number of hydrogen-bond acceptors (Lipinski definition) is 5. The number of rotatable bonds is 8. The van der Waals surface area contributed by atoms with Gasteiger partial charge in [-0.05, 0) is 66.2 Å². The van der Waals surface area contributed by atoms with E-state index in [4.69, 9.17) is 4.74 Å². The van der Waals surface area contributed by atoms with Crippen LogP contribution in [0.2, 0.25) is 0 Å². The second kappa shape index (κ2) is 11.3. The summed E-state index contributed by atoms with van der Waals surface area (Å²) in [5, 5.41) is 3.47. The highest BCUT2D eigenvalue weighted by Crippen LogP contribution is 2.34. The lowest BCUT2D eigenvalue weighted by molar-refractivity contribution is -0.122. The summed E-state index contributed by atoms with van der Waals surface area (Å²) < 4.78 is 5.59. The molecule has 7 heteroatoms. The van der Waals surface area contributed by atoms with E-state index < -0.39 is 0 Å². The molecule has 3 aromatic rings. The van der Waals surface area contributed by atoms with Crippen LogP contribution in [0, 0.1) is 0 Å². The first-order chi connectivity index (χ1) is 16.6. The number of carbonyl (C=O) groups excluding carboxylic acids is 2. The van der Waals surface area contributed by atoms with Gasteiger partial charge in [-0.25, -0.2) is 4.99 Å². The maximum atomic E-state index is 13.0.